The maximum atomic E-state index is 11.3. The van der Waals surface area contributed by atoms with Crippen LogP contribution in [0.3, 0.4) is 0 Å². The molecule has 0 amide bonds. The lowest BCUT2D eigenvalue weighted by Crippen LogP contribution is -2.12. The molecule has 5 rings (SSSR count). The predicted molar refractivity (Wildman–Crippen MR) is 170 cm³/mol. The van der Waals surface area contributed by atoms with Gasteiger partial charge in [0.15, 0.2) is 6.29 Å². The third-order valence-corrected chi connectivity index (χ3v) is 6.47. The molecule has 0 radical (unpaired) electrons. The second kappa shape index (κ2) is 17.5. The second-order valence-electron chi connectivity index (χ2n) is 9.72. The van der Waals surface area contributed by atoms with Crippen LogP contribution >= 0.6 is 0 Å². The van der Waals surface area contributed by atoms with Crippen molar-refractivity contribution in [3.63, 3.8) is 0 Å². The van der Waals surface area contributed by atoms with Gasteiger partial charge in [-0.3, -0.25) is 14.4 Å². The Morgan fingerprint density at radius 1 is 0.467 bits per heavy atom. The van der Waals surface area contributed by atoms with Crippen molar-refractivity contribution in [1.82, 2.24) is 0 Å². The summed E-state index contributed by atoms with van der Waals surface area (Å²) >= 11 is 0. The molecule has 0 aliphatic carbocycles. The second-order valence-corrected chi connectivity index (χ2v) is 9.72. The third kappa shape index (κ3) is 10.9. The number of aliphatic hydroxyl groups is 2. The van der Waals surface area contributed by atoms with E-state index >= 15 is 0 Å². The number of ether oxygens (including phenoxy) is 1. The highest BCUT2D eigenvalue weighted by Gasteiger charge is 2.22. The average Bonchev–Trinajstić information content (AvgIpc) is 3.04. The van der Waals surface area contributed by atoms with Crippen molar-refractivity contribution in [1.29, 1.82) is 0 Å². The molecule has 0 heterocycles. The van der Waals surface area contributed by atoms with Crippen molar-refractivity contribution in [3.8, 4) is 5.75 Å². The van der Waals surface area contributed by atoms with Crippen molar-refractivity contribution in [2.75, 3.05) is 0 Å². The van der Waals surface area contributed by atoms with E-state index in [0.29, 0.717) is 11.3 Å². The zero-order valence-corrected chi connectivity index (χ0v) is 24.5. The first-order valence-corrected chi connectivity index (χ1v) is 14.0. The number of hydrogen-bond acceptors (Lipinski definition) is 6. The Morgan fingerprint density at radius 3 is 0.978 bits per heavy atom. The van der Waals surface area contributed by atoms with Gasteiger partial charge in [0, 0.05) is 12.5 Å². The lowest BCUT2D eigenvalue weighted by atomic mass is 9.92. The molecule has 0 atom stereocenters. The zero-order valence-electron chi connectivity index (χ0n) is 24.5. The van der Waals surface area contributed by atoms with Crippen LogP contribution in [0.5, 0.6) is 5.75 Å². The van der Waals surface area contributed by atoms with Gasteiger partial charge in [0.1, 0.15) is 17.6 Å². The van der Waals surface area contributed by atoms with Crippen molar-refractivity contribution in [2.45, 2.75) is 25.0 Å². The van der Waals surface area contributed by atoms with Crippen LogP contribution in [0.4, 0.5) is 0 Å². The van der Waals surface area contributed by atoms with E-state index in [-0.39, 0.29) is 0 Å². The Bertz CT molecular complexity index is 1430. The van der Waals surface area contributed by atoms with E-state index in [1.807, 2.05) is 121 Å². The molecule has 45 heavy (non-hydrogen) atoms. The van der Waals surface area contributed by atoms with Gasteiger partial charge in [-0.25, -0.2) is 0 Å². The maximum absolute atomic E-state index is 11.3. The summed E-state index contributed by atoms with van der Waals surface area (Å²) in [5.41, 5.74) is 3.58. The minimum Gasteiger partial charge on any atom is -0.481 e. The van der Waals surface area contributed by atoms with Crippen LogP contribution in [-0.4, -0.2) is 38.3 Å². The Kier molecular flexibility index (Phi) is 13.2. The normalized spacial score (nSPS) is 10.3. The first-order valence-electron chi connectivity index (χ1n) is 14.0. The van der Waals surface area contributed by atoms with Gasteiger partial charge in [-0.15, -0.1) is 0 Å². The van der Waals surface area contributed by atoms with Crippen LogP contribution in [0.25, 0.3) is 0 Å². The molecule has 8 heteroatoms. The summed E-state index contributed by atoms with van der Waals surface area (Å²) in [5, 5.41) is 36.0. The maximum Gasteiger partial charge on any atom is 0.315 e. The summed E-state index contributed by atoms with van der Waals surface area (Å²) in [6.45, 7) is 1.30. The molecular formula is C37H34O8. The molecule has 5 aromatic carbocycles. The zero-order chi connectivity index (χ0) is 32.6. The van der Waals surface area contributed by atoms with Gasteiger partial charge in [0.2, 0.25) is 0 Å². The van der Waals surface area contributed by atoms with Gasteiger partial charge in [-0.1, -0.05) is 133 Å². The fraction of sp³-hybridized carbons (Fsp3) is 0.108. The largest absolute Gasteiger partial charge is 0.481 e. The molecule has 230 valence electrons. The fourth-order valence-electron chi connectivity index (χ4n) is 4.41. The van der Waals surface area contributed by atoms with Gasteiger partial charge in [-0.05, 0) is 34.4 Å². The summed E-state index contributed by atoms with van der Waals surface area (Å²) in [6, 6.07) is 43.0. The summed E-state index contributed by atoms with van der Waals surface area (Å²) < 4.78 is 4.75. The van der Waals surface area contributed by atoms with Crippen molar-refractivity contribution in [2.24, 2.45) is 0 Å². The Hall–Kier alpha value is -5.57. The SMILES string of the molecule is CC(=O)Oc1ccc(C(O)O)cc1.O=C(O)C(c1ccccc1)c1ccccc1.O=C(O)C(c1ccccc1)c1ccccc1. The molecule has 4 N–H and O–H groups in total. The van der Waals surface area contributed by atoms with Crippen molar-refractivity contribution >= 4 is 17.9 Å². The summed E-state index contributed by atoms with van der Waals surface area (Å²) in [4.78, 5) is 33.1. The van der Waals surface area contributed by atoms with Gasteiger partial charge in [-0.2, -0.15) is 0 Å². The molecule has 8 nitrogen and oxygen atoms in total. The molecule has 0 aromatic heterocycles. The number of benzene rings is 5. The molecule has 0 saturated heterocycles. The van der Waals surface area contributed by atoms with Crippen LogP contribution in [-0.2, 0) is 14.4 Å². The van der Waals surface area contributed by atoms with E-state index < -0.39 is 36.0 Å². The van der Waals surface area contributed by atoms with Gasteiger partial charge in [0.25, 0.3) is 0 Å². The van der Waals surface area contributed by atoms with Gasteiger partial charge >= 0.3 is 17.9 Å². The smallest absolute Gasteiger partial charge is 0.315 e. The highest BCUT2D eigenvalue weighted by Crippen LogP contribution is 2.25. The molecular weight excluding hydrogens is 572 g/mol. The quantitative estimate of drug-likeness (QED) is 0.0903. The van der Waals surface area contributed by atoms with Gasteiger partial charge < -0.3 is 25.2 Å². The summed E-state index contributed by atoms with van der Waals surface area (Å²) in [7, 11) is 0. The lowest BCUT2D eigenvalue weighted by molar-refractivity contribution is -0.138. The highest BCUT2D eigenvalue weighted by molar-refractivity contribution is 5.81. The predicted octanol–water partition coefficient (Wildman–Crippen LogP) is 6.40. The number of aliphatic hydroxyl groups excluding tert-OH is 1. The molecule has 0 aliphatic heterocycles. The number of carbonyl (C=O) groups excluding carboxylic acids is 1. The first-order chi connectivity index (χ1) is 21.7. The molecule has 0 unspecified atom stereocenters. The molecule has 0 spiro atoms. The Labute approximate surface area is 261 Å². The minimum absolute atomic E-state index is 0.357. The monoisotopic (exact) mass is 606 g/mol. The number of carboxylic acids is 2. The van der Waals surface area contributed by atoms with Crippen LogP contribution in [0.1, 0.15) is 52.9 Å². The fourth-order valence-corrected chi connectivity index (χ4v) is 4.41. The molecule has 5 aromatic rings. The van der Waals surface area contributed by atoms with E-state index in [1.165, 1.54) is 31.2 Å². The van der Waals surface area contributed by atoms with E-state index in [1.54, 1.807) is 0 Å². The average molecular weight is 607 g/mol. The first kappa shape index (κ1) is 33.9. The standard InChI is InChI=1S/2C14H12O2.C9H10O4/c2*15-14(16)13(11-7-3-1-4-8-11)12-9-5-2-6-10-12;1-6(10)13-8-4-2-7(3-5-8)9(11)12/h2*1-10,13H,(H,15,16);2-5,9,11-12H,1H3. The topological polar surface area (TPSA) is 141 Å². The highest BCUT2D eigenvalue weighted by atomic mass is 16.5. The molecule has 0 aliphatic rings. The van der Waals surface area contributed by atoms with Crippen LogP contribution in [0.15, 0.2) is 146 Å². The van der Waals surface area contributed by atoms with Crippen molar-refractivity contribution in [3.05, 3.63) is 173 Å². The number of hydrogen-bond donors (Lipinski definition) is 4. The number of carboxylic acid groups (broad SMARTS) is 2. The molecule has 0 bridgehead atoms. The third-order valence-electron chi connectivity index (χ3n) is 6.47. The van der Waals surface area contributed by atoms with Crippen LogP contribution < -0.4 is 4.74 Å². The number of rotatable bonds is 8. The Morgan fingerprint density at radius 2 is 0.756 bits per heavy atom. The van der Waals surface area contributed by atoms with Crippen molar-refractivity contribution < 1.29 is 39.5 Å². The summed E-state index contributed by atoms with van der Waals surface area (Å²) in [6.07, 6.45) is -1.49. The molecule has 0 fully saturated rings. The molecule has 0 saturated carbocycles. The lowest BCUT2D eigenvalue weighted by Gasteiger charge is -2.12. The van der Waals surface area contributed by atoms with Crippen LogP contribution in [0.2, 0.25) is 0 Å². The minimum atomic E-state index is -1.49. The Balaban J connectivity index is 0.000000185. The van der Waals surface area contributed by atoms with Gasteiger partial charge in [0.05, 0.1) is 0 Å². The number of esters is 1. The number of carbonyl (C=O) groups is 3. The summed E-state index contributed by atoms with van der Waals surface area (Å²) in [5.74, 6) is -2.83. The van der Waals surface area contributed by atoms with E-state index in [4.69, 9.17) is 14.9 Å². The van der Waals surface area contributed by atoms with E-state index in [2.05, 4.69) is 0 Å². The number of aliphatic carboxylic acids is 2. The van der Waals surface area contributed by atoms with E-state index in [9.17, 15) is 24.6 Å². The van der Waals surface area contributed by atoms with E-state index in [0.717, 1.165) is 22.3 Å². The van der Waals surface area contributed by atoms with Crippen LogP contribution in [0, 0.1) is 0 Å².